The molecule has 0 radical (unpaired) electrons. The van der Waals surface area contributed by atoms with Gasteiger partial charge < -0.3 is 15.4 Å². The lowest BCUT2D eigenvalue weighted by atomic mass is 9.60. The van der Waals surface area contributed by atoms with Crippen molar-refractivity contribution in [3.63, 3.8) is 0 Å². The monoisotopic (exact) mass is 321 g/mol. The van der Waals surface area contributed by atoms with E-state index in [0.717, 1.165) is 25.9 Å². The molecule has 1 aromatic rings. The highest BCUT2D eigenvalue weighted by atomic mass is 16.5. The number of hydrogen-bond acceptors (Lipinski definition) is 4. The smallest absolute Gasteiger partial charge is 0.315 e. The maximum Gasteiger partial charge on any atom is 0.315 e. The Hall–Kier alpha value is -1.63. The molecule has 23 heavy (non-hydrogen) atoms. The molecule has 7 heteroatoms. The van der Waals surface area contributed by atoms with Crippen molar-refractivity contribution in [1.82, 2.24) is 25.4 Å². The van der Waals surface area contributed by atoms with Crippen molar-refractivity contribution >= 4 is 6.03 Å². The predicted molar refractivity (Wildman–Crippen MR) is 85.9 cm³/mol. The van der Waals surface area contributed by atoms with E-state index in [9.17, 15) is 4.79 Å². The number of nitrogens with zero attached hydrogens (tertiary/aromatic N) is 3. The Balaban J connectivity index is 1.49. The maximum atomic E-state index is 12.3. The van der Waals surface area contributed by atoms with Gasteiger partial charge in [0.2, 0.25) is 0 Å². The van der Waals surface area contributed by atoms with Crippen molar-refractivity contribution in [2.45, 2.75) is 70.7 Å². The first kappa shape index (κ1) is 16.2. The second kappa shape index (κ2) is 6.86. The first-order valence-corrected chi connectivity index (χ1v) is 8.65. The minimum Gasteiger partial charge on any atom is -0.378 e. The molecule has 2 saturated carbocycles. The number of nitrogens with one attached hydrogen (secondary N) is 2. The third-order valence-electron chi connectivity index (χ3n) is 5.30. The zero-order valence-electron chi connectivity index (χ0n) is 14.0. The zero-order chi connectivity index (χ0) is 16.3. The van der Waals surface area contributed by atoms with E-state index < -0.39 is 0 Å². The van der Waals surface area contributed by atoms with Gasteiger partial charge >= 0.3 is 6.03 Å². The molecule has 7 nitrogen and oxygen atoms in total. The lowest BCUT2D eigenvalue weighted by Crippen LogP contribution is -2.65. The van der Waals surface area contributed by atoms with Crippen LogP contribution >= 0.6 is 0 Å². The minimum absolute atomic E-state index is 0.000932. The summed E-state index contributed by atoms with van der Waals surface area (Å²) in [7, 11) is 0. The third-order valence-corrected chi connectivity index (χ3v) is 5.30. The Labute approximate surface area is 137 Å². The number of carbonyl (C=O) groups is 1. The van der Waals surface area contributed by atoms with Gasteiger partial charge in [-0.3, -0.25) is 4.68 Å². The van der Waals surface area contributed by atoms with Crippen LogP contribution in [0, 0.1) is 5.41 Å². The Kier molecular flexibility index (Phi) is 4.84. The largest absolute Gasteiger partial charge is 0.378 e. The highest BCUT2D eigenvalue weighted by molar-refractivity contribution is 5.74. The van der Waals surface area contributed by atoms with Gasteiger partial charge in [-0.2, -0.15) is 5.10 Å². The second-order valence-corrected chi connectivity index (χ2v) is 6.81. The summed E-state index contributed by atoms with van der Waals surface area (Å²) in [6.07, 6.45) is 9.21. The van der Waals surface area contributed by atoms with Crippen LogP contribution in [0.2, 0.25) is 0 Å². The van der Waals surface area contributed by atoms with Crippen molar-refractivity contribution < 1.29 is 9.53 Å². The highest BCUT2D eigenvalue weighted by Gasteiger charge is 2.57. The summed E-state index contributed by atoms with van der Waals surface area (Å²) in [4.78, 5) is 16.2. The summed E-state index contributed by atoms with van der Waals surface area (Å²) in [5.41, 5.74) is 0.169. The molecule has 1 aromatic heterocycles. The van der Waals surface area contributed by atoms with Crippen LogP contribution in [0.5, 0.6) is 0 Å². The summed E-state index contributed by atoms with van der Waals surface area (Å²) in [5.74, 6) is 0. The molecule has 128 valence electrons. The molecule has 1 spiro atoms. The Bertz CT molecular complexity index is 513. The van der Waals surface area contributed by atoms with Gasteiger partial charge in [0.1, 0.15) is 12.7 Å². The van der Waals surface area contributed by atoms with Gasteiger partial charge in [0.25, 0.3) is 0 Å². The molecule has 0 aliphatic heterocycles. The molecule has 3 unspecified atom stereocenters. The molecular formula is C16H27N5O2. The number of hydrogen-bond donors (Lipinski definition) is 2. The van der Waals surface area contributed by atoms with Crippen molar-refractivity contribution in [1.29, 1.82) is 0 Å². The molecule has 1 heterocycles. The average molecular weight is 321 g/mol. The van der Waals surface area contributed by atoms with Crippen molar-refractivity contribution in [2.75, 3.05) is 6.61 Å². The summed E-state index contributed by atoms with van der Waals surface area (Å²) in [6, 6.07) is 0.142. The van der Waals surface area contributed by atoms with Gasteiger partial charge in [0.15, 0.2) is 0 Å². The molecule has 3 rings (SSSR count). The summed E-state index contributed by atoms with van der Waals surface area (Å²) in [5, 5.41) is 10.2. The first-order chi connectivity index (χ1) is 11.1. The molecule has 2 fully saturated rings. The number of rotatable bonds is 6. The summed E-state index contributed by atoms with van der Waals surface area (Å²) >= 11 is 0. The van der Waals surface area contributed by atoms with E-state index in [1.54, 1.807) is 11.0 Å². The molecule has 3 atom stereocenters. The number of urea groups is 1. The Morgan fingerprint density at radius 1 is 1.48 bits per heavy atom. The second-order valence-electron chi connectivity index (χ2n) is 6.81. The fourth-order valence-corrected chi connectivity index (χ4v) is 4.17. The molecular weight excluding hydrogens is 294 g/mol. The van der Waals surface area contributed by atoms with Crippen LogP contribution < -0.4 is 10.6 Å². The van der Waals surface area contributed by atoms with Gasteiger partial charge in [-0.25, -0.2) is 9.78 Å². The predicted octanol–water partition coefficient (Wildman–Crippen LogP) is 1.70. The zero-order valence-corrected chi connectivity index (χ0v) is 14.0. The molecule has 0 saturated heterocycles. The van der Waals surface area contributed by atoms with Crippen molar-refractivity contribution in [3.05, 3.63) is 12.7 Å². The normalized spacial score (nSPS) is 26.7. The van der Waals surface area contributed by atoms with Gasteiger partial charge in [-0.15, -0.1) is 0 Å². The van der Waals surface area contributed by atoms with Crippen LogP contribution in [0.3, 0.4) is 0 Å². The van der Waals surface area contributed by atoms with Crippen LogP contribution in [-0.4, -0.2) is 45.6 Å². The lowest BCUT2D eigenvalue weighted by molar-refractivity contribution is -0.126. The van der Waals surface area contributed by atoms with Crippen LogP contribution in [-0.2, 0) is 11.3 Å². The molecule has 0 aromatic carbocycles. The molecule has 2 aliphatic carbocycles. The highest BCUT2D eigenvalue weighted by Crippen LogP contribution is 2.54. The van der Waals surface area contributed by atoms with E-state index >= 15 is 0 Å². The standard InChI is InChI=1S/C16H27N5O2/c1-3-23-14-8-13(16(14)6-4-5-7-16)20-15(22)19-12(2)9-21-11-17-10-18-21/h10-14H,3-9H2,1-2H3,(H2,19,20,22). The van der Waals surface area contributed by atoms with Crippen molar-refractivity contribution in [3.8, 4) is 0 Å². The van der Waals surface area contributed by atoms with E-state index in [4.69, 9.17) is 4.74 Å². The first-order valence-electron chi connectivity index (χ1n) is 8.65. The SMILES string of the molecule is CCOC1CC(NC(=O)NC(C)Cn2cncn2)C12CCCC2. The van der Waals surface area contributed by atoms with Crippen LogP contribution in [0.4, 0.5) is 4.79 Å². The molecule has 2 aliphatic rings. The fourth-order valence-electron chi connectivity index (χ4n) is 4.17. The summed E-state index contributed by atoms with van der Waals surface area (Å²) < 4.78 is 7.61. The topological polar surface area (TPSA) is 81.1 Å². The van der Waals surface area contributed by atoms with Gasteiger partial charge in [0, 0.05) is 24.1 Å². The van der Waals surface area contributed by atoms with Gasteiger partial charge in [0.05, 0.1) is 12.6 Å². The quantitative estimate of drug-likeness (QED) is 0.836. The average Bonchev–Trinajstić information content (AvgIpc) is 3.18. The van der Waals surface area contributed by atoms with E-state index in [1.165, 1.54) is 19.2 Å². The van der Waals surface area contributed by atoms with Crippen LogP contribution in [0.15, 0.2) is 12.7 Å². The van der Waals surface area contributed by atoms with Crippen LogP contribution in [0.25, 0.3) is 0 Å². The number of aromatic nitrogens is 3. The minimum atomic E-state index is -0.0937. The van der Waals surface area contributed by atoms with Crippen molar-refractivity contribution in [2.24, 2.45) is 5.41 Å². The van der Waals surface area contributed by atoms with E-state index in [0.29, 0.717) is 12.6 Å². The Morgan fingerprint density at radius 3 is 2.91 bits per heavy atom. The summed E-state index contributed by atoms with van der Waals surface area (Å²) in [6.45, 7) is 5.38. The van der Waals surface area contributed by atoms with Gasteiger partial charge in [-0.05, 0) is 33.1 Å². The Morgan fingerprint density at radius 2 is 2.26 bits per heavy atom. The number of amides is 2. The number of ether oxygens (including phenoxy) is 1. The molecule has 2 N–H and O–H groups in total. The van der Waals surface area contributed by atoms with Gasteiger partial charge in [-0.1, -0.05) is 12.8 Å². The molecule has 0 bridgehead atoms. The lowest BCUT2D eigenvalue weighted by Gasteiger charge is -2.54. The van der Waals surface area contributed by atoms with Crippen LogP contribution in [0.1, 0.15) is 46.0 Å². The van der Waals surface area contributed by atoms with E-state index in [1.807, 2.05) is 13.8 Å². The number of carbonyl (C=O) groups excluding carboxylic acids is 1. The molecule has 2 amide bonds. The van der Waals surface area contributed by atoms with E-state index in [-0.39, 0.29) is 23.5 Å². The fraction of sp³-hybridized carbons (Fsp3) is 0.812. The maximum absolute atomic E-state index is 12.3. The third kappa shape index (κ3) is 3.34. The van der Waals surface area contributed by atoms with E-state index in [2.05, 4.69) is 20.7 Å².